The molecule has 0 saturated heterocycles. The molecule has 0 aliphatic rings. The third-order valence-corrected chi connectivity index (χ3v) is 3.85. The van der Waals surface area contributed by atoms with E-state index in [4.69, 9.17) is 4.42 Å². The SMILES string of the molecule is Cc1ccoc1C(=O)Nc1nc2c(C)cccc2s1. The molecule has 0 radical (unpaired) electrons. The molecule has 2 heterocycles. The molecule has 3 aromatic rings. The molecule has 0 aliphatic heterocycles. The number of carbonyl (C=O) groups excluding carboxylic acids is 1. The zero-order chi connectivity index (χ0) is 13.4. The second kappa shape index (κ2) is 4.51. The van der Waals surface area contributed by atoms with Crippen molar-refractivity contribution in [2.75, 3.05) is 5.32 Å². The van der Waals surface area contributed by atoms with E-state index in [1.165, 1.54) is 17.6 Å². The molecule has 3 rings (SSSR count). The summed E-state index contributed by atoms with van der Waals surface area (Å²) in [7, 11) is 0. The summed E-state index contributed by atoms with van der Waals surface area (Å²) in [5, 5.41) is 3.36. The number of aryl methyl sites for hydroxylation is 2. The summed E-state index contributed by atoms with van der Waals surface area (Å²) in [5.41, 5.74) is 2.84. The third kappa shape index (κ3) is 2.13. The number of para-hydroxylation sites is 1. The third-order valence-electron chi connectivity index (χ3n) is 2.91. The smallest absolute Gasteiger partial charge is 0.293 e. The number of benzene rings is 1. The van der Waals surface area contributed by atoms with Gasteiger partial charge in [0.1, 0.15) is 0 Å². The van der Waals surface area contributed by atoms with Gasteiger partial charge in [-0.2, -0.15) is 0 Å². The Kier molecular flexibility index (Phi) is 2.83. The summed E-state index contributed by atoms with van der Waals surface area (Å²) in [6.45, 7) is 3.84. The van der Waals surface area contributed by atoms with Crippen molar-refractivity contribution >= 4 is 32.6 Å². The van der Waals surface area contributed by atoms with Crippen molar-refractivity contribution in [1.82, 2.24) is 4.98 Å². The molecule has 1 N–H and O–H groups in total. The van der Waals surface area contributed by atoms with E-state index in [1.807, 2.05) is 32.0 Å². The maximum absolute atomic E-state index is 12.0. The number of hydrogen-bond acceptors (Lipinski definition) is 4. The molecule has 1 amide bonds. The molecule has 0 fully saturated rings. The van der Waals surface area contributed by atoms with Gasteiger partial charge >= 0.3 is 0 Å². The van der Waals surface area contributed by atoms with Gasteiger partial charge in [0.15, 0.2) is 10.9 Å². The van der Waals surface area contributed by atoms with Gasteiger partial charge in [-0.25, -0.2) is 4.98 Å². The van der Waals surface area contributed by atoms with Gasteiger partial charge in [0.05, 0.1) is 16.5 Å². The number of nitrogens with zero attached hydrogens (tertiary/aromatic N) is 1. The number of thiazole rings is 1. The number of furan rings is 1. The van der Waals surface area contributed by atoms with Gasteiger partial charge in [-0.05, 0) is 31.5 Å². The standard InChI is InChI=1S/C14H12N2O2S/c1-8-4-3-5-10-11(8)15-14(19-10)16-13(17)12-9(2)6-7-18-12/h3-7H,1-2H3,(H,15,16,17). The first kappa shape index (κ1) is 11.9. The van der Waals surface area contributed by atoms with Crippen molar-refractivity contribution in [2.24, 2.45) is 0 Å². The number of carbonyl (C=O) groups is 1. The first-order valence-electron chi connectivity index (χ1n) is 5.87. The molecule has 4 nitrogen and oxygen atoms in total. The molecule has 0 aliphatic carbocycles. The van der Waals surface area contributed by atoms with Crippen LogP contribution in [-0.2, 0) is 0 Å². The minimum absolute atomic E-state index is 0.265. The number of anilines is 1. The summed E-state index contributed by atoms with van der Waals surface area (Å²) in [4.78, 5) is 16.5. The summed E-state index contributed by atoms with van der Waals surface area (Å²) >= 11 is 1.46. The average Bonchev–Trinajstić information content (AvgIpc) is 2.95. The van der Waals surface area contributed by atoms with E-state index in [0.29, 0.717) is 10.9 Å². The normalized spacial score (nSPS) is 10.8. The van der Waals surface area contributed by atoms with Gasteiger partial charge in [0.2, 0.25) is 0 Å². The predicted molar refractivity (Wildman–Crippen MR) is 75.8 cm³/mol. The molecule has 19 heavy (non-hydrogen) atoms. The number of rotatable bonds is 2. The number of amides is 1. The van der Waals surface area contributed by atoms with Gasteiger partial charge in [0.25, 0.3) is 5.91 Å². The van der Waals surface area contributed by atoms with Crippen LogP contribution >= 0.6 is 11.3 Å². The molecular formula is C14H12N2O2S. The van der Waals surface area contributed by atoms with Crippen LogP contribution in [0, 0.1) is 13.8 Å². The Morgan fingerprint density at radius 2 is 2.11 bits per heavy atom. The van der Waals surface area contributed by atoms with Crippen molar-refractivity contribution in [2.45, 2.75) is 13.8 Å². The van der Waals surface area contributed by atoms with Crippen LogP contribution in [0.5, 0.6) is 0 Å². The molecule has 5 heteroatoms. The largest absolute Gasteiger partial charge is 0.459 e. The first-order valence-corrected chi connectivity index (χ1v) is 6.68. The lowest BCUT2D eigenvalue weighted by atomic mass is 10.2. The highest BCUT2D eigenvalue weighted by molar-refractivity contribution is 7.22. The molecular weight excluding hydrogens is 260 g/mol. The summed E-state index contributed by atoms with van der Waals surface area (Å²) in [5.74, 6) is 0.0650. The van der Waals surface area contributed by atoms with Gasteiger partial charge in [-0.15, -0.1) is 0 Å². The van der Waals surface area contributed by atoms with E-state index >= 15 is 0 Å². The predicted octanol–water partition coefficient (Wildman–Crippen LogP) is 3.76. The van der Waals surface area contributed by atoms with Crippen LogP contribution in [0.2, 0.25) is 0 Å². The second-order valence-corrected chi connectivity index (χ2v) is 5.36. The molecule has 0 bridgehead atoms. The molecule has 2 aromatic heterocycles. The monoisotopic (exact) mass is 272 g/mol. The lowest BCUT2D eigenvalue weighted by Crippen LogP contribution is -2.11. The van der Waals surface area contributed by atoms with Crippen LogP contribution in [0.15, 0.2) is 34.9 Å². The fourth-order valence-corrected chi connectivity index (χ4v) is 2.84. The number of aromatic nitrogens is 1. The Hall–Kier alpha value is -2.14. The van der Waals surface area contributed by atoms with Crippen LogP contribution in [0.4, 0.5) is 5.13 Å². The maximum Gasteiger partial charge on any atom is 0.293 e. The van der Waals surface area contributed by atoms with E-state index in [1.54, 1.807) is 6.07 Å². The van der Waals surface area contributed by atoms with Crippen LogP contribution in [-0.4, -0.2) is 10.9 Å². The molecule has 96 valence electrons. The lowest BCUT2D eigenvalue weighted by Gasteiger charge is -1.98. The molecule has 0 spiro atoms. The minimum atomic E-state index is -0.265. The Morgan fingerprint density at radius 3 is 2.79 bits per heavy atom. The van der Waals surface area contributed by atoms with E-state index in [9.17, 15) is 4.79 Å². The highest BCUT2D eigenvalue weighted by Crippen LogP contribution is 2.28. The summed E-state index contributed by atoms with van der Waals surface area (Å²) < 4.78 is 6.22. The van der Waals surface area contributed by atoms with Crippen molar-refractivity contribution in [1.29, 1.82) is 0 Å². The van der Waals surface area contributed by atoms with Crippen LogP contribution in [0.3, 0.4) is 0 Å². The molecule has 0 unspecified atom stereocenters. The van der Waals surface area contributed by atoms with E-state index < -0.39 is 0 Å². The van der Waals surface area contributed by atoms with Gasteiger partial charge < -0.3 is 4.42 Å². The van der Waals surface area contributed by atoms with E-state index in [-0.39, 0.29) is 5.91 Å². The zero-order valence-electron chi connectivity index (χ0n) is 10.6. The number of hydrogen-bond donors (Lipinski definition) is 1. The zero-order valence-corrected chi connectivity index (χ0v) is 11.4. The fourth-order valence-electron chi connectivity index (χ4n) is 1.90. The Morgan fingerprint density at radius 1 is 1.26 bits per heavy atom. The Balaban J connectivity index is 1.92. The first-order chi connectivity index (χ1) is 9.15. The van der Waals surface area contributed by atoms with Crippen molar-refractivity contribution in [3.8, 4) is 0 Å². The average molecular weight is 272 g/mol. The van der Waals surface area contributed by atoms with Crippen molar-refractivity contribution in [3.05, 3.63) is 47.4 Å². The fraction of sp³-hybridized carbons (Fsp3) is 0.143. The molecule has 0 atom stereocenters. The van der Waals surface area contributed by atoms with Crippen molar-refractivity contribution in [3.63, 3.8) is 0 Å². The van der Waals surface area contributed by atoms with E-state index in [0.717, 1.165) is 21.3 Å². The second-order valence-electron chi connectivity index (χ2n) is 4.33. The van der Waals surface area contributed by atoms with Crippen LogP contribution < -0.4 is 5.32 Å². The number of fused-ring (bicyclic) bond motifs is 1. The van der Waals surface area contributed by atoms with Crippen molar-refractivity contribution < 1.29 is 9.21 Å². The lowest BCUT2D eigenvalue weighted by molar-refractivity contribution is 0.0996. The van der Waals surface area contributed by atoms with Crippen LogP contribution in [0.25, 0.3) is 10.2 Å². The van der Waals surface area contributed by atoms with Gasteiger partial charge in [-0.3, -0.25) is 10.1 Å². The highest BCUT2D eigenvalue weighted by Gasteiger charge is 2.15. The minimum Gasteiger partial charge on any atom is -0.459 e. The Labute approximate surface area is 114 Å². The van der Waals surface area contributed by atoms with Gasteiger partial charge in [0, 0.05) is 5.56 Å². The van der Waals surface area contributed by atoms with E-state index in [2.05, 4.69) is 10.3 Å². The summed E-state index contributed by atoms with van der Waals surface area (Å²) in [6.07, 6.45) is 1.51. The number of nitrogens with one attached hydrogen (secondary N) is 1. The Bertz CT molecular complexity index is 758. The molecule has 0 saturated carbocycles. The summed E-state index contributed by atoms with van der Waals surface area (Å²) in [6, 6.07) is 7.74. The maximum atomic E-state index is 12.0. The highest BCUT2D eigenvalue weighted by atomic mass is 32.1. The molecule has 1 aromatic carbocycles. The van der Waals surface area contributed by atoms with Crippen LogP contribution in [0.1, 0.15) is 21.7 Å². The topological polar surface area (TPSA) is 55.1 Å². The quantitative estimate of drug-likeness (QED) is 0.772. The van der Waals surface area contributed by atoms with Gasteiger partial charge in [-0.1, -0.05) is 23.5 Å².